The number of rotatable bonds is 6. The molecule has 0 radical (unpaired) electrons. The molecule has 4 nitrogen and oxygen atoms in total. The van der Waals surface area contributed by atoms with E-state index < -0.39 is 0 Å². The predicted molar refractivity (Wildman–Crippen MR) is 72.4 cm³/mol. The number of thiazole rings is 1. The van der Waals surface area contributed by atoms with Crippen LogP contribution in [0.15, 0.2) is 11.6 Å². The number of fused-ring (bicyclic) bond motifs is 1. The number of imidazole rings is 1. The van der Waals surface area contributed by atoms with Crippen LogP contribution in [0.1, 0.15) is 12.1 Å². The highest BCUT2D eigenvalue weighted by Gasteiger charge is 2.15. The maximum absolute atomic E-state index is 6.01. The summed E-state index contributed by atoms with van der Waals surface area (Å²) in [5.74, 6) is 1.45. The first-order chi connectivity index (χ1) is 8.27. The van der Waals surface area contributed by atoms with Gasteiger partial charge in [-0.1, -0.05) is 0 Å². The van der Waals surface area contributed by atoms with Crippen LogP contribution >= 0.6 is 22.9 Å². The maximum atomic E-state index is 6.01. The lowest BCUT2D eigenvalue weighted by Crippen LogP contribution is -2.21. The lowest BCUT2D eigenvalue weighted by molar-refractivity contribution is 0.196. The molecule has 0 amide bonds. The van der Waals surface area contributed by atoms with Crippen molar-refractivity contribution in [1.29, 1.82) is 0 Å². The maximum Gasteiger partial charge on any atom is 0.195 e. The Bertz CT molecular complexity index is 482. The van der Waals surface area contributed by atoms with E-state index in [0.717, 1.165) is 36.0 Å². The molecule has 0 saturated carbocycles. The van der Waals surface area contributed by atoms with Gasteiger partial charge in [-0.3, -0.25) is 4.40 Å². The lowest BCUT2D eigenvalue weighted by atomic mass is 10.4. The molecule has 2 rings (SSSR count). The fourth-order valence-electron chi connectivity index (χ4n) is 1.80. The summed E-state index contributed by atoms with van der Waals surface area (Å²) >= 11 is 7.63. The fraction of sp³-hybridized carbons (Fsp3) is 0.545. The van der Waals surface area contributed by atoms with E-state index in [-0.39, 0.29) is 0 Å². The van der Waals surface area contributed by atoms with Crippen LogP contribution in [0.2, 0.25) is 0 Å². The van der Waals surface area contributed by atoms with E-state index in [2.05, 4.69) is 14.3 Å². The average Bonchev–Trinajstić information content (AvgIpc) is 2.88. The van der Waals surface area contributed by atoms with Gasteiger partial charge in [0.1, 0.15) is 0 Å². The number of anilines is 1. The van der Waals surface area contributed by atoms with Crippen molar-refractivity contribution < 1.29 is 4.74 Å². The molecule has 6 heteroatoms. The van der Waals surface area contributed by atoms with Gasteiger partial charge in [-0.15, -0.1) is 22.9 Å². The Labute approximate surface area is 110 Å². The Morgan fingerprint density at radius 3 is 3.12 bits per heavy atom. The number of halogens is 1. The molecule has 0 aliphatic rings. The molecule has 0 aromatic carbocycles. The number of nitrogens with zero attached hydrogens (tertiary/aromatic N) is 3. The minimum absolute atomic E-state index is 0.474. The average molecular weight is 274 g/mol. The number of alkyl halides is 1. The molecule has 2 aromatic heterocycles. The largest absolute Gasteiger partial charge is 0.385 e. The summed E-state index contributed by atoms with van der Waals surface area (Å²) in [5, 5.41) is 2.02. The molecule has 17 heavy (non-hydrogen) atoms. The zero-order chi connectivity index (χ0) is 12.3. The first kappa shape index (κ1) is 12.7. The highest BCUT2D eigenvalue weighted by Crippen LogP contribution is 2.25. The van der Waals surface area contributed by atoms with Crippen molar-refractivity contribution in [1.82, 2.24) is 9.38 Å². The van der Waals surface area contributed by atoms with Crippen LogP contribution in [0.3, 0.4) is 0 Å². The minimum Gasteiger partial charge on any atom is -0.385 e. The summed E-state index contributed by atoms with van der Waals surface area (Å²) in [4.78, 5) is 7.73. The third-order valence-electron chi connectivity index (χ3n) is 2.67. The van der Waals surface area contributed by atoms with Crippen LogP contribution in [0, 0.1) is 0 Å². The van der Waals surface area contributed by atoms with E-state index in [0.29, 0.717) is 5.88 Å². The first-order valence-electron chi connectivity index (χ1n) is 5.48. The molecule has 0 N–H and O–H groups in total. The second kappa shape index (κ2) is 5.71. The zero-order valence-electron chi connectivity index (χ0n) is 10.0. The van der Waals surface area contributed by atoms with Crippen molar-refractivity contribution in [3.8, 4) is 0 Å². The highest BCUT2D eigenvalue weighted by molar-refractivity contribution is 7.15. The van der Waals surface area contributed by atoms with Crippen molar-refractivity contribution >= 4 is 33.7 Å². The summed E-state index contributed by atoms with van der Waals surface area (Å²) in [7, 11) is 3.76. The van der Waals surface area contributed by atoms with Crippen LogP contribution in [-0.4, -0.2) is 36.7 Å². The van der Waals surface area contributed by atoms with Crippen molar-refractivity contribution in [3.63, 3.8) is 0 Å². The fourth-order valence-corrected chi connectivity index (χ4v) is 2.78. The van der Waals surface area contributed by atoms with Gasteiger partial charge in [0.15, 0.2) is 10.8 Å². The molecular weight excluding hydrogens is 258 g/mol. The number of ether oxygens (including phenoxy) is 1. The van der Waals surface area contributed by atoms with Gasteiger partial charge in [0, 0.05) is 38.9 Å². The summed E-state index contributed by atoms with van der Waals surface area (Å²) in [6, 6.07) is 0. The molecule has 0 unspecified atom stereocenters. The standard InChI is InChI=1S/C11H16ClN3OS/c1-14(4-3-6-16-2)10-9(8-12)15-5-7-17-11(15)13-10/h5,7H,3-4,6,8H2,1-2H3. The quantitative estimate of drug-likeness (QED) is 0.599. The van der Waals surface area contributed by atoms with Crippen LogP contribution in [-0.2, 0) is 10.6 Å². The molecule has 0 spiro atoms. The molecule has 2 aromatic rings. The second-order valence-corrected chi connectivity index (χ2v) is 4.98. The Kier molecular flexibility index (Phi) is 4.25. The van der Waals surface area contributed by atoms with Gasteiger partial charge in [0.2, 0.25) is 0 Å². The molecule has 2 heterocycles. The molecular formula is C11H16ClN3OS. The van der Waals surface area contributed by atoms with Gasteiger partial charge in [-0.2, -0.15) is 0 Å². The van der Waals surface area contributed by atoms with Crippen molar-refractivity contribution in [2.24, 2.45) is 0 Å². The van der Waals surface area contributed by atoms with E-state index >= 15 is 0 Å². The Hall–Kier alpha value is -0.780. The third-order valence-corrected chi connectivity index (χ3v) is 3.68. The molecule has 0 aliphatic carbocycles. The monoisotopic (exact) mass is 273 g/mol. The van der Waals surface area contributed by atoms with Gasteiger partial charge in [-0.05, 0) is 6.42 Å². The van der Waals surface area contributed by atoms with Crippen molar-refractivity contribution in [3.05, 3.63) is 17.3 Å². The molecule has 0 fully saturated rings. The topological polar surface area (TPSA) is 29.8 Å². The summed E-state index contributed by atoms with van der Waals surface area (Å²) < 4.78 is 7.11. The second-order valence-electron chi connectivity index (χ2n) is 3.84. The minimum atomic E-state index is 0.474. The lowest BCUT2D eigenvalue weighted by Gasteiger charge is -2.17. The number of aromatic nitrogens is 2. The molecule has 0 saturated heterocycles. The van der Waals surface area contributed by atoms with Gasteiger partial charge >= 0.3 is 0 Å². The van der Waals surface area contributed by atoms with E-state index in [9.17, 15) is 0 Å². The number of hydrogen-bond donors (Lipinski definition) is 0. The van der Waals surface area contributed by atoms with Gasteiger partial charge in [-0.25, -0.2) is 4.98 Å². The van der Waals surface area contributed by atoms with E-state index in [1.807, 2.05) is 18.6 Å². The van der Waals surface area contributed by atoms with Gasteiger partial charge in [0.05, 0.1) is 11.6 Å². The molecule has 94 valence electrons. The summed E-state index contributed by atoms with van der Waals surface area (Å²) in [6.07, 6.45) is 3.00. The van der Waals surface area contributed by atoms with Crippen LogP contribution < -0.4 is 4.90 Å². The Morgan fingerprint density at radius 1 is 1.59 bits per heavy atom. The zero-order valence-corrected chi connectivity index (χ0v) is 11.6. The summed E-state index contributed by atoms with van der Waals surface area (Å²) in [5.41, 5.74) is 1.06. The number of hydrogen-bond acceptors (Lipinski definition) is 4. The Balaban J connectivity index is 2.18. The van der Waals surface area contributed by atoms with Gasteiger partial charge in [0.25, 0.3) is 0 Å². The Morgan fingerprint density at radius 2 is 2.41 bits per heavy atom. The molecule has 0 aliphatic heterocycles. The van der Waals surface area contributed by atoms with E-state index in [1.165, 1.54) is 0 Å². The SMILES string of the molecule is COCCCN(C)c1nc2sccn2c1CCl. The molecule has 0 atom stereocenters. The summed E-state index contributed by atoms with van der Waals surface area (Å²) in [6.45, 7) is 1.69. The van der Waals surface area contributed by atoms with Crippen LogP contribution in [0.25, 0.3) is 4.96 Å². The van der Waals surface area contributed by atoms with E-state index in [1.54, 1.807) is 18.4 Å². The molecule has 0 bridgehead atoms. The van der Waals surface area contributed by atoms with Gasteiger partial charge < -0.3 is 9.64 Å². The third kappa shape index (κ3) is 2.56. The smallest absolute Gasteiger partial charge is 0.195 e. The van der Waals surface area contributed by atoms with Crippen LogP contribution in [0.5, 0.6) is 0 Å². The van der Waals surface area contributed by atoms with Crippen molar-refractivity contribution in [2.45, 2.75) is 12.3 Å². The van der Waals surface area contributed by atoms with Crippen molar-refractivity contribution in [2.75, 3.05) is 32.2 Å². The first-order valence-corrected chi connectivity index (χ1v) is 6.89. The van der Waals surface area contributed by atoms with Crippen LogP contribution in [0.4, 0.5) is 5.82 Å². The highest BCUT2D eigenvalue weighted by atomic mass is 35.5. The predicted octanol–water partition coefficient (Wildman–Crippen LogP) is 2.61. The van der Waals surface area contributed by atoms with E-state index in [4.69, 9.17) is 16.3 Å². The normalized spacial score (nSPS) is 11.2. The number of methoxy groups -OCH3 is 1.